The number of benzene rings is 1. The van der Waals surface area contributed by atoms with E-state index in [9.17, 15) is 4.79 Å². The second-order valence-corrected chi connectivity index (χ2v) is 5.65. The fourth-order valence-corrected chi connectivity index (χ4v) is 2.89. The van der Waals surface area contributed by atoms with Crippen molar-refractivity contribution in [3.63, 3.8) is 0 Å². The van der Waals surface area contributed by atoms with Crippen LogP contribution in [0.5, 0.6) is 0 Å². The molecule has 0 unspecified atom stereocenters. The summed E-state index contributed by atoms with van der Waals surface area (Å²) in [6.45, 7) is 0. The van der Waals surface area contributed by atoms with Crippen molar-refractivity contribution in [3.05, 3.63) is 30.2 Å². The number of methoxy groups -OCH3 is 1. The molecule has 6 heteroatoms. The summed E-state index contributed by atoms with van der Waals surface area (Å²) in [5, 5.41) is 4.04. The number of nitrogen functional groups attached to an aromatic ring is 1. The van der Waals surface area contributed by atoms with Gasteiger partial charge < -0.3 is 15.0 Å². The third-order valence-corrected chi connectivity index (χ3v) is 4.22. The average molecular weight is 301 g/mol. The maximum absolute atomic E-state index is 11.5. The molecule has 2 aromatic rings. The molecule has 0 atom stereocenters. The molecule has 1 heterocycles. The van der Waals surface area contributed by atoms with E-state index in [2.05, 4.69) is 10.1 Å². The van der Waals surface area contributed by atoms with E-state index in [-0.39, 0.29) is 17.8 Å². The summed E-state index contributed by atoms with van der Waals surface area (Å²) >= 11 is 0. The monoisotopic (exact) mass is 301 g/mol. The summed E-state index contributed by atoms with van der Waals surface area (Å²) in [6.07, 6.45) is 3.33. The van der Waals surface area contributed by atoms with Crippen molar-refractivity contribution in [2.45, 2.75) is 31.6 Å². The number of hydrogen-bond acceptors (Lipinski definition) is 6. The number of carbonyl (C=O) groups excluding carboxylic acids is 1. The molecule has 0 bridgehead atoms. The van der Waals surface area contributed by atoms with Crippen LogP contribution in [0.2, 0.25) is 0 Å². The molecule has 1 fully saturated rings. The topological polar surface area (TPSA) is 91.2 Å². The Morgan fingerprint density at radius 1 is 1.23 bits per heavy atom. The minimum Gasteiger partial charge on any atom is -0.469 e. The van der Waals surface area contributed by atoms with Gasteiger partial charge in [0, 0.05) is 17.2 Å². The highest BCUT2D eigenvalue weighted by Gasteiger charge is 2.30. The lowest BCUT2D eigenvalue weighted by molar-refractivity contribution is -0.146. The largest absolute Gasteiger partial charge is 0.469 e. The van der Waals surface area contributed by atoms with Gasteiger partial charge in [-0.2, -0.15) is 4.98 Å². The lowest BCUT2D eigenvalue weighted by Crippen LogP contribution is -2.22. The predicted molar refractivity (Wildman–Crippen MR) is 80.9 cm³/mol. The fourth-order valence-electron chi connectivity index (χ4n) is 2.89. The predicted octanol–water partition coefficient (Wildman–Crippen LogP) is 2.77. The van der Waals surface area contributed by atoms with Crippen molar-refractivity contribution < 1.29 is 14.1 Å². The van der Waals surface area contributed by atoms with Crippen LogP contribution in [0.25, 0.3) is 11.4 Å². The van der Waals surface area contributed by atoms with E-state index < -0.39 is 0 Å². The van der Waals surface area contributed by atoms with Gasteiger partial charge in [0.1, 0.15) is 0 Å². The Hall–Kier alpha value is -2.37. The molecular formula is C16H19N3O3. The molecule has 6 nitrogen and oxygen atoms in total. The fraction of sp³-hybridized carbons (Fsp3) is 0.438. The van der Waals surface area contributed by atoms with Gasteiger partial charge in [-0.1, -0.05) is 5.16 Å². The Morgan fingerprint density at radius 2 is 1.91 bits per heavy atom. The first-order valence-corrected chi connectivity index (χ1v) is 7.44. The number of nitrogens with two attached hydrogens (primary N) is 1. The number of anilines is 1. The van der Waals surface area contributed by atoms with Crippen LogP contribution in [0.3, 0.4) is 0 Å². The Kier molecular flexibility index (Phi) is 4.09. The second kappa shape index (κ2) is 6.17. The van der Waals surface area contributed by atoms with Gasteiger partial charge in [-0.3, -0.25) is 4.79 Å². The highest BCUT2D eigenvalue weighted by atomic mass is 16.5. The second-order valence-electron chi connectivity index (χ2n) is 5.65. The normalized spacial score (nSPS) is 21.5. The first-order valence-electron chi connectivity index (χ1n) is 7.44. The molecule has 22 heavy (non-hydrogen) atoms. The summed E-state index contributed by atoms with van der Waals surface area (Å²) in [6, 6.07) is 7.37. The smallest absolute Gasteiger partial charge is 0.308 e. The Balaban J connectivity index is 1.67. The van der Waals surface area contributed by atoms with Gasteiger partial charge in [-0.15, -0.1) is 0 Å². The maximum Gasteiger partial charge on any atom is 0.308 e. The van der Waals surface area contributed by atoms with Crippen molar-refractivity contribution in [1.82, 2.24) is 10.1 Å². The zero-order valence-electron chi connectivity index (χ0n) is 12.5. The van der Waals surface area contributed by atoms with E-state index in [4.69, 9.17) is 15.0 Å². The minimum atomic E-state index is -0.119. The van der Waals surface area contributed by atoms with Crippen molar-refractivity contribution >= 4 is 11.7 Å². The number of ether oxygens (including phenoxy) is 1. The van der Waals surface area contributed by atoms with E-state index in [1.807, 2.05) is 24.3 Å². The Bertz CT molecular complexity index is 643. The van der Waals surface area contributed by atoms with Crippen LogP contribution in [0.4, 0.5) is 5.69 Å². The molecule has 0 spiro atoms. The molecule has 3 rings (SSSR count). The molecule has 2 N–H and O–H groups in total. The van der Waals surface area contributed by atoms with Gasteiger partial charge in [0.15, 0.2) is 0 Å². The minimum absolute atomic E-state index is 0.000686. The van der Waals surface area contributed by atoms with Crippen LogP contribution in [0.1, 0.15) is 37.5 Å². The maximum atomic E-state index is 11.5. The van der Waals surface area contributed by atoms with Gasteiger partial charge in [-0.25, -0.2) is 0 Å². The Morgan fingerprint density at radius 3 is 2.55 bits per heavy atom. The number of rotatable bonds is 3. The van der Waals surface area contributed by atoms with Crippen LogP contribution in [-0.4, -0.2) is 23.2 Å². The zero-order chi connectivity index (χ0) is 15.5. The summed E-state index contributed by atoms with van der Waals surface area (Å²) in [5.41, 5.74) is 7.26. The van der Waals surface area contributed by atoms with Gasteiger partial charge in [0.05, 0.1) is 13.0 Å². The van der Waals surface area contributed by atoms with Crippen LogP contribution in [-0.2, 0) is 9.53 Å². The van der Waals surface area contributed by atoms with E-state index in [0.29, 0.717) is 17.4 Å². The zero-order valence-corrected chi connectivity index (χ0v) is 12.5. The van der Waals surface area contributed by atoms with Crippen molar-refractivity contribution in [2.24, 2.45) is 5.92 Å². The molecule has 1 aromatic heterocycles. The first kappa shape index (κ1) is 14.6. The standard InChI is InChI=1S/C16H19N3O3/c1-21-16(20)12-4-2-11(3-5-12)15-18-14(19-22-15)10-6-8-13(17)9-7-10/h6-9,11-12H,2-5,17H2,1H3. The number of nitrogens with zero attached hydrogens (tertiary/aromatic N) is 2. The van der Waals surface area contributed by atoms with Gasteiger partial charge >= 0.3 is 5.97 Å². The number of hydrogen-bond donors (Lipinski definition) is 1. The number of esters is 1. The quantitative estimate of drug-likeness (QED) is 0.692. The lowest BCUT2D eigenvalue weighted by Gasteiger charge is -2.24. The third-order valence-electron chi connectivity index (χ3n) is 4.22. The molecule has 1 saturated carbocycles. The summed E-state index contributed by atoms with van der Waals surface area (Å²) in [7, 11) is 1.44. The van der Waals surface area contributed by atoms with Crippen LogP contribution < -0.4 is 5.73 Å². The van der Waals surface area contributed by atoms with Gasteiger partial charge in [0.25, 0.3) is 0 Å². The summed E-state index contributed by atoms with van der Waals surface area (Å²) in [5.74, 6) is 1.32. The van der Waals surface area contributed by atoms with Gasteiger partial charge in [-0.05, 0) is 49.9 Å². The highest BCUT2D eigenvalue weighted by molar-refractivity contribution is 5.72. The Labute approximate surface area is 128 Å². The molecule has 0 radical (unpaired) electrons. The molecule has 0 aliphatic heterocycles. The molecule has 116 valence electrons. The molecule has 1 aliphatic rings. The van der Waals surface area contributed by atoms with Crippen LogP contribution >= 0.6 is 0 Å². The lowest BCUT2D eigenvalue weighted by atomic mass is 9.82. The van der Waals surface area contributed by atoms with Crippen LogP contribution in [0, 0.1) is 5.92 Å². The average Bonchev–Trinajstić information content (AvgIpc) is 3.05. The van der Waals surface area contributed by atoms with Crippen molar-refractivity contribution in [3.8, 4) is 11.4 Å². The van der Waals surface area contributed by atoms with E-state index in [1.54, 1.807) is 0 Å². The molecular weight excluding hydrogens is 282 g/mol. The third kappa shape index (κ3) is 2.95. The van der Waals surface area contributed by atoms with E-state index in [0.717, 1.165) is 31.2 Å². The number of aromatic nitrogens is 2. The molecule has 1 aliphatic carbocycles. The first-order chi connectivity index (χ1) is 10.7. The molecule has 0 saturated heterocycles. The van der Waals surface area contributed by atoms with Crippen LogP contribution in [0.15, 0.2) is 28.8 Å². The summed E-state index contributed by atoms with van der Waals surface area (Å²) < 4.78 is 10.2. The van der Waals surface area contributed by atoms with E-state index in [1.165, 1.54) is 7.11 Å². The molecule has 1 aromatic carbocycles. The van der Waals surface area contributed by atoms with Gasteiger partial charge in [0.2, 0.25) is 11.7 Å². The SMILES string of the molecule is COC(=O)C1CCC(c2nc(-c3ccc(N)cc3)no2)CC1. The van der Waals surface area contributed by atoms with E-state index >= 15 is 0 Å². The summed E-state index contributed by atoms with van der Waals surface area (Å²) in [4.78, 5) is 16.0. The highest BCUT2D eigenvalue weighted by Crippen LogP contribution is 2.36. The van der Waals surface area contributed by atoms with Crippen molar-refractivity contribution in [2.75, 3.05) is 12.8 Å². The van der Waals surface area contributed by atoms with Crippen molar-refractivity contribution in [1.29, 1.82) is 0 Å². The molecule has 0 amide bonds. The number of carbonyl (C=O) groups is 1.